The van der Waals surface area contributed by atoms with E-state index < -0.39 is 10.0 Å². The fraction of sp³-hybridized carbons (Fsp3) is 0.765. The molecule has 3 heterocycles. The third-order valence-corrected chi connectivity index (χ3v) is 7.29. The van der Waals surface area contributed by atoms with Gasteiger partial charge in [0.2, 0.25) is 10.0 Å². The molecule has 1 atom stereocenters. The molecule has 7 heteroatoms. The maximum absolute atomic E-state index is 11.9. The van der Waals surface area contributed by atoms with Gasteiger partial charge in [0.25, 0.3) is 0 Å². The molecule has 1 aromatic rings. The predicted octanol–water partition coefficient (Wildman–Crippen LogP) is 1.65. The van der Waals surface area contributed by atoms with Crippen LogP contribution in [0, 0.1) is 12.8 Å². The van der Waals surface area contributed by atoms with Crippen LogP contribution in [0.1, 0.15) is 37.2 Å². The lowest BCUT2D eigenvalue weighted by Gasteiger charge is -2.52. The van der Waals surface area contributed by atoms with Gasteiger partial charge in [-0.15, -0.1) is 0 Å². The number of nitrogens with zero attached hydrogens (tertiary/aromatic N) is 1. The Balaban J connectivity index is 1.20. The Bertz CT molecular complexity index is 679. The van der Waals surface area contributed by atoms with Gasteiger partial charge in [-0.3, -0.25) is 4.90 Å². The highest BCUT2D eigenvalue weighted by molar-refractivity contribution is 7.90. The Morgan fingerprint density at radius 1 is 1.29 bits per heavy atom. The fourth-order valence-electron chi connectivity index (χ4n) is 3.73. The standard InChI is InChI=1S/C17H26N2O4S/c1-13-2-3-15(23-13)9-19-11-17(12-19)7-6-14(10-22-17)8-18-24(20,21)16-4-5-16/h2-3,14,16,18H,4-12H2,1H3/t14-/m0/s1. The molecule has 1 N–H and O–H groups in total. The second-order valence-electron chi connectivity index (χ2n) is 7.65. The van der Waals surface area contributed by atoms with Crippen LogP contribution in [-0.4, -0.2) is 50.4 Å². The minimum Gasteiger partial charge on any atom is -0.465 e. The molecule has 0 bridgehead atoms. The first-order valence-electron chi connectivity index (χ1n) is 8.84. The Labute approximate surface area is 143 Å². The third-order valence-electron chi connectivity index (χ3n) is 5.37. The molecule has 2 saturated heterocycles. The van der Waals surface area contributed by atoms with E-state index in [1.165, 1.54) is 0 Å². The number of ether oxygens (including phenoxy) is 1. The van der Waals surface area contributed by atoms with Crippen molar-refractivity contribution in [2.75, 3.05) is 26.2 Å². The molecule has 1 aliphatic carbocycles. The highest BCUT2D eigenvalue weighted by Gasteiger charge is 2.46. The summed E-state index contributed by atoms with van der Waals surface area (Å²) < 4.78 is 38.3. The largest absolute Gasteiger partial charge is 0.465 e. The molecule has 3 aliphatic rings. The van der Waals surface area contributed by atoms with E-state index in [9.17, 15) is 8.42 Å². The zero-order chi connectivity index (χ0) is 16.8. The summed E-state index contributed by atoms with van der Waals surface area (Å²) in [5.74, 6) is 2.25. The highest BCUT2D eigenvalue weighted by Crippen LogP contribution is 2.37. The number of rotatable bonds is 6. The maximum atomic E-state index is 11.9. The van der Waals surface area contributed by atoms with Crippen LogP contribution in [0.15, 0.2) is 16.5 Å². The first-order chi connectivity index (χ1) is 11.4. The first kappa shape index (κ1) is 16.6. The van der Waals surface area contributed by atoms with Gasteiger partial charge >= 0.3 is 0 Å². The van der Waals surface area contributed by atoms with E-state index in [4.69, 9.17) is 9.15 Å². The van der Waals surface area contributed by atoms with Gasteiger partial charge in [-0.25, -0.2) is 13.1 Å². The van der Waals surface area contributed by atoms with Gasteiger partial charge in [0, 0.05) is 19.6 Å². The minimum absolute atomic E-state index is 0.0203. The van der Waals surface area contributed by atoms with Crippen LogP contribution in [0.2, 0.25) is 0 Å². The molecular formula is C17H26N2O4S. The topological polar surface area (TPSA) is 71.8 Å². The number of sulfonamides is 1. The molecule has 0 amide bonds. The molecule has 1 aromatic heterocycles. The third kappa shape index (κ3) is 3.54. The second-order valence-corrected chi connectivity index (χ2v) is 9.69. The van der Waals surface area contributed by atoms with E-state index in [2.05, 4.69) is 9.62 Å². The Kier molecular flexibility index (Phi) is 4.23. The minimum atomic E-state index is -3.07. The van der Waals surface area contributed by atoms with Gasteiger partial charge in [-0.05, 0) is 50.7 Å². The van der Waals surface area contributed by atoms with Crippen molar-refractivity contribution in [3.05, 3.63) is 23.7 Å². The van der Waals surface area contributed by atoms with Crippen molar-refractivity contribution in [1.29, 1.82) is 0 Å². The van der Waals surface area contributed by atoms with Gasteiger partial charge < -0.3 is 9.15 Å². The lowest BCUT2D eigenvalue weighted by molar-refractivity contribution is -0.181. The smallest absolute Gasteiger partial charge is 0.214 e. The molecule has 24 heavy (non-hydrogen) atoms. The summed E-state index contributed by atoms with van der Waals surface area (Å²) in [4.78, 5) is 2.34. The molecule has 3 fully saturated rings. The van der Waals surface area contributed by atoms with Crippen LogP contribution in [0.3, 0.4) is 0 Å². The number of likely N-dealkylation sites (tertiary alicyclic amines) is 1. The first-order valence-corrected chi connectivity index (χ1v) is 10.4. The van der Waals surface area contributed by atoms with E-state index in [-0.39, 0.29) is 10.9 Å². The number of hydrogen-bond acceptors (Lipinski definition) is 5. The van der Waals surface area contributed by atoms with Crippen LogP contribution in [-0.2, 0) is 21.3 Å². The van der Waals surface area contributed by atoms with E-state index in [1.54, 1.807) is 0 Å². The molecule has 0 aromatic carbocycles. The van der Waals surface area contributed by atoms with E-state index >= 15 is 0 Å². The summed E-state index contributed by atoms with van der Waals surface area (Å²) in [6.45, 7) is 5.85. The van der Waals surface area contributed by atoms with Gasteiger partial charge in [-0.2, -0.15) is 0 Å². The van der Waals surface area contributed by atoms with E-state index in [0.717, 1.165) is 56.8 Å². The average Bonchev–Trinajstić information content (AvgIpc) is 3.30. The van der Waals surface area contributed by atoms with Gasteiger partial charge in [0.1, 0.15) is 11.5 Å². The summed E-state index contributed by atoms with van der Waals surface area (Å²) in [6, 6.07) is 4.03. The fourth-order valence-corrected chi connectivity index (χ4v) is 5.19. The summed E-state index contributed by atoms with van der Waals surface area (Å²) >= 11 is 0. The summed E-state index contributed by atoms with van der Waals surface area (Å²) in [5.41, 5.74) is -0.0203. The van der Waals surface area contributed by atoms with Crippen LogP contribution in [0.5, 0.6) is 0 Å². The van der Waals surface area contributed by atoms with Crippen LogP contribution in [0.25, 0.3) is 0 Å². The summed E-state index contributed by atoms with van der Waals surface area (Å²) in [6.07, 6.45) is 3.66. The normalized spacial score (nSPS) is 27.3. The predicted molar refractivity (Wildman–Crippen MR) is 90.1 cm³/mol. The highest BCUT2D eigenvalue weighted by atomic mass is 32.2. The summed E-state index contributed by atoms with van der Waals surface area (Å²) in [5, 5.41) is -0.140. The van der Waals surface area contributed by atoms with Crippen molar-refractivity contribution in [1.82, 2.24) is 9.62 Å². The number of hydrogen-bond donors (Lipinski definition) is 1. The molecule has 134 valence electrons. The Morgan fingerprint density at radius 2 is 2.08 bits per heavy atom. The van der Waals surface area contributed by atoms with Crippen molar-refractivity contribution >= 4 is 10.0 Å². The van der Waals surface area contributed by atoms with Crippen molar-refractivity contribution in [2.45, 2.75) is 50.0 Å². The SMILES string of the molecule is Cc1ccc(CN2CC3(CC[C@@H](CNS(=O)(=O)C4CC4)CO3)C2)o1. The van der Waals surface area contributed by atoms with Crippen molar-refractivity contribution in [3.63, 3.8) is 0 Å². The van der Waals surface area contributed by atoms with Crippen LogP contribution < -0.4 is 4.72 Å². The lowest BCUT2D eigenvalue weighted by Crippen LogP contribution is -2.64. The molecule has 0 unspecified atom stereocenters. The van der Waals surface area contributed by atoms with Gasteiger partial charge in [-0.1, -0.05) is 0 Å². The second kappa shape index (κ2) is 6.12. The molecule has 1 saturated carbocycles. The number of aryl methyl sites for hydroxylation is 1. The van der Waals surface area contributed by atoms with E-state index in [0.29, 0.717) is 19.1 Å². The molecule has 2 aliphatic heterocycles. The Hall–Kier alpha value is -0.890. The van der Waals surface area contributed by atoms with Crippen LogP contribution >= 0.6 is 0 Å². The quantitative estimate of drug-likeness (QED) is 0.841. The molecule has 1 spiro atoms. The van der Waals surface area contributed by atoms with Crippen LogP contribution in [0.4, 0.5) is 0 Å². The lowest BCUT2D eigenvalue weighted by atomic mass is 9.83. The number of furan rings is 1. The Morgan fingerprint density at radius 3 is 2.67 bits per heavy atom. The van der Waals surface area contributed by atoms with E-state index in [1.807, 2.05) is 19.1 Å². The van der Waals surface area contributed by atoms with Crippen molar-refractivity contribution in [3.8, 4) is 0 Å². The molecule has 6 nitrogen and oxygen atoms in total. The molecular weight excluding hydrogens is 328 g/mol. The molecule has 0 radical (unpaired) electrons. The molecule has 4 rings (SSSR count). The van der Waals surface area contributed by atoms with Crippen molar-refractivity contribution in [2.24, 2.45) is 5.92 Å². The average molecular weight is 354 g/mol. The van der Waals surface area contributed by atoms with Crippen molar-refractivity contribution < 1.29 is 17.6 Å². The number of nitrogens with one attached hydrogen (secondary N) is 1. The zero-order valence-electron chi connectivity index (χ0n) is 14.2. The van der Waals surface area contributed by atoms with Gasteiger partial charge in [0.05, 0.1) is 24.0 Å². The maximum Gasteiger partial charge on any atom is 0.214 e. The van der Waals surface area contributed by atoms with Gasteiger partial charge in [0.15, 0.2) is 0 Å². The zero-order valence-corrected chi connectivity index (χ0v) is 15.0. The summed E-state index contributed by atoms with van der Waals surface area (Å²) in [7, 11) is -3.07. The monoisotopic (exact) mass is 354 g/mol.